The minimum absolute atomic E-state index is 0.416. The van der Waals surface area contributed by atoms with Crippen LogP contribution in [0.15, 0.2) is 0 Å². The third kappa shape index (κ3) is 6.12. The average Bonchev–Trinajstić information content (AvgIpc) is 2.65. The molecule has 26 heavy (non-hydrogen) atoms. The van der Waals surface area contributed by atoms with E-state index in [4.69, 9.17) is 0 Å². The van der Waals surface area contributed by atoms with Gasteiger partial charge >= 0.3 is 18.3 Å². The number of unbranched alkanes of at least 4 members (excludes halogenated alkanes) is 1. The van der Waals surface area contributed by atoms with Crippen LogP contribution in [0.5, 0.6) is 0 Å². The van der Waals surface area contributed by atoms with Crippen molar-refractivity contribution in [1.29, 1.82) is 0 Å². The third-order valence-electron chi connectivity index (χ3n) is 6.36. The van der Waals surface area contributed by atoms with E-state index < -0.39 is 30.8 Å². The standard InChI is InChI=1S/C20H32F4O2/c1-2-3-4-14-5-7-15(8-6-14)16-9-11-17(12-10-16)18(25)26-13-20(23,24)19(21)22/h14-17,19H,2-13H2,1H3. The number of alkyl halides is 4. The number of carbonyl (C=O) groups excluding carboxylic acids is 1. The van der Waals surface area contributed by atoms with Gasteiger partial charge in [-0.3, -0.25) is 4.79 Å². The zero-order chi connectivity index (χ0) is 19.2. The van der Waals surface area contributed by atoms with E-state index in [1.54, 1.807) is 0 Å². The maximum Gasteiger partial charge on any atom is 0.340 e. The van der Waals surface area contributed by atoms with Crippen molar-refractivity contribution in [3.05, 3.63) is 0 Å². The molecule has 0 atom stereocenters. The van der Waals surface area contributed by atoms with Crippen molar-refractivity contribution in [2.24, 2.45) is 23.7 Å². The summed E-state index contributed by atoms with van der Waals surface area (Å²) in [7, 11) is 0. The molecular weight excluding hydrogens is 348 g/mol. The van der Waals surface area contributed by atoms with Crippen LogP contribution in [0.1, 0.15) is 77.6 Å². The molecule has 2 aliphatic carbocycles. The second kappa shape index (κ2) is 9.93. The van der Waals surface area contributed by atoms with Crippen LogP contribution >= 0.6 is 0 Å². The molecular formula is C20H32F4O2. The summed E-state index contributed by atoms with van der Waals surface area (Å²) in [5.41, 5.74) is 0. The quantitative estimate of drug-likeness (QED) is 0.368. The Labute approximate surface area is 154 Å². The average molecular weight is 380 g/mol. The van der Waals surface area contributed by atoms with Gasteiger partial charge in [0.05, 0.1) is 5.92 Å². The van der Waals surface area contributed by atoms with Crippen molar-refractivity contribution in [2.45, 2.75) is 89.9 Å². The Morgan fingerprint density at radius 2 is 1.54 bits per heavy atom. The fraction of sp³-hybridized carbons (Fsp3) is 0.950. The van der Waals surface area contributed by atoms with E-state index >= 15 is 0 Å². The van der Waals surface area contributed by atoms with E-state index in [9.17, 15) is 22.4 Å². The van der Waals surface area contributed by atoms with Gasteiger partial charge < -0.3 is 4.74 Å². The fourth-order valence-electron chi connectivity index (χ4n) is 4.62. The lowest BCUT2D eigenvalue weighted by Crippen LogP contribution is -2.35. The molecule has 0 saturated heterocycles. The predicted molar refractivity (Wildman–Crippen MR) is 92.3 cm³/mol. The number of hydrogen-bond acceptors (Lipinski definition) is 2. The maximum absolute atomic E-state index is 12.9. The lowest BCUT2D eigenvalue weighted by molar-refractivity contribution is -0.183. The first-order valence-corrected chi connectivity index (χ1v) is 10.2. The monoisotopic (exact) mass is 380 g/mol. The SMILES string of the molecule is CCCCC1CCC(C2CCC(C(=O)OCC(F)(F)C(F)F)CC2)CC1. The molecule has 6 heteroatoms. The van der Waals surface area contributed by atoms with Crippen molar-refractivity contribution in [3.8, 4) is 0 Å². The Balaban J connectivity index is 1.68. The minimum atomic E-state index is -4.26. The normalized spacial score (nSPS) is 30.4. The fourth-order valence-corrected chi connectivity index (χ4v) is 4.62. The second-order valence-electron chi connectivity index (χ2n) is 8.20. The largest absolute Gasteiger partial charge is 0.459 e. The van der Waals surface area contributed by atoms with Crippen LogP contribution in [0.4, 0.5) is 17.6 Å². The molecule has 2 rings (SSSR count). The summed E-state index contributed by atoms with van der Waals surface area (Å²) in [6.45, 7) is 0.703. The molecule has 152 valence electrons. The smallest absolute Gasteiger partial charge is 0.340 e. The molecule has 0 heterocycles. The molecule has 2 fully saturated rings. The van der Waals surface area contributed by atoms with Crippen LogP contribution in [-0.2, 0) is 9.53 Å². The van der Waals surface area contributed by atoms with Crippen molar-refractivity contribution in [2.75, 3.05) is 6.61 Å². The number of ether oxygens (including phenoxy) is 1. The van der Waals surface area contributed by atoms with Gasteiger partial charge in [-0.15, -0.1) is 0 Å². The first-order chi connectivity index (χ1) is 12.3. The number of rotatable bonds is 8. The number of carbonyl (C=O) groups is 1. The lowest BCUT2D eigenvalue weighted by Gasteiger charge is -2.37. The van der Waals surface area contributed by atoms with Crippen molar-refractivity contribution < 1.29 is 27.1 Å². The predicted octanol–water partition coefficient (Wildman–Crippen LogP) is 6.23. The number of hydrogen-bond donors (Lipinski definition) is 0. The van der Waals surface area contributed by atoms with Gasteiger partial charge in [0.2, 0.25) is 0 Å². The summed E-state index contributed by atoms with van der Waals surface area (Å²) in [6, 6.07) is 0. The van der Waals surface area contributed by atoms with Crippen molar-refractivity contribution in [1.82, 2.24) is 0 Å². The van der Waals surface area contributed by atoms with Gasteiger partial charge in [0.1, 0.15) is 0 Å². The molecule has 0 aromatic rings. The van der Waals surface area contributed by atoms with Gasteiger partial charge in [0, 0.05) is 0 Å². The van der Waals surface area contributed by atoms with Crippen molar-refractivity contribution in [3.63, 3.8) is 0 Å². The molecule has 0 N–H and O–H groups in total. The van der Waals surface area contributed by atoms with Gasteiger partial charge in [0.15, 0.2) is 6.61 Å². The molecule has 0 aromatic carbocycles. The number of halogens is 4. The van der Waals surface area contributed by atoms with Crippen LogP contribution in [0.25, 0.3) is 0 Å². The van der Waals surface area contributed by atoms with Crippen LogP contribution in [0.2, 0.25) is 0 Å². The third-order valence-corrected chi connectivity index (χ3v) is 6.36. The second-order valence-corrected chi connectivity index (χ2v) is 8.20. The highest BCUT2D eigenvalue weighted by Crippen LogP contribution is 2.42. The molecule has 0 bridgehead atoms. The molecule has 0 aromatic heterocycles. The summed E-state index contributed by atoms with van der Waals surface area (Å²) < 4.78 is 54.4. The summed E-state index contributed by atoms with van der Waals surface area (Å²) in [6.07, 6.45) is 8.29. The van der Waals surface area contributed by atoms with Crippen LogP contribution < -0.4 is 0 Å². The molecule has 2 nitrogen and oxygen atoms in total. The van der Waals surface area contributed by atoms with E-state index in [2.05, 4.69) is 11.7 Å². The van der Waals surface area contributed by atoms with E-state index in [1.807, 2.05) is 0 Å². The Kier molecular flexibility index (Phi) is 8.21. The van der Waals surface area contributed by atoms with Gasteiger partial charge in [-0.25, -0.2) is 8.78 Å². The molecule has 0 radical (unpaired) electrons. The molecule has 0 amide bonds. The van der Waals surface area contributed by atoms with Crippen LogP contribution in [-0.4, -0.2) is 24.9 Å². The van der Waals surface area contributed by atoms with Gasteiger partial charge in [-0.1, -0.05) is 39.0 Å². The molecule has 0 aliphatic heterocycles. The first-order valence-electron chi connectivity index (χ1n) is 10.2. The maximum atomic E-state index is 12.9. The van der Waals surface area contributed by atoms with Gasteiger partial charge in [-0.2, -0.15) is 8.78 Å². The topological polar surface area (TPSA) is 26.3 Å². The van der Waals surface area contributed by atoms with E-state index in [0.717, 1.165) is 18.8 Å². The minimum Gasteiger partial charge on any atom is -0.459 e. The van der Waals surface area contributed by atoms with E-state index in [-0.39, 0.29) is 0 Å². The molecule has 0 spiro atoms. The summed E-state index contributed by atoms with van der Waals surface area (Å²) in [4.78, 5) is 11.9. The highest BCUT2D eigenvalue weighted by molar-refractivity contribution is 5.72. The molecule has 2 aliphatic rings. The Morgan fingerprint density at radius 3 is 2.04 bits per heavy atom. The Bertz CT molecular complexity index is 426. The Morgan fingerprint density at radius 1 is 1.00 bits per heavy atom. The summed E-state index contributed by atoms with van der Waals surface area (Å²) >= 11 is 0. The lowest BCUT2D eigenvalue weighted by atomic mass is 9.68. The molecule has 0 unspecified atom stereocenters. The Hall–Kier alpha value is -0.810. The highest BCUT2D eigenvalue weighted by Gasteiger charge is 2.43. The summed E-state index contributed by atoms with van der Waals surface area (Å²) in [5, 5.41) is 0. The number of esters is 1. The van der Waals surface area contributed by atoms with Gasteiger partial charge in [-0.05, 0) is 56.3 Å². The van der Waals surface area contributed by atoms with Gasteiger partial charge in [0.25, 0.3) is 0 Å². The van der Waals surface area contributed by atoms with Crippen LogP contribution in [0.3, 0.4) is 0 Å². The van der Waals surface area contributed by atoms with Crippen molar-refractivity contribution >= 4 is 5.97 Å². The molecule has 2 saturated carbocycles. The van der Waals surface area contributed by atoms with E-state index in [1.165, 1.54) is 44.9 Å². The van der Waals surface area contributed by atoms with Crippen LogP contribution in [0, 0.1) is 23.7 Å². The van der Waals surface area contributed by atoms with E-state index in [0.29, 0.717) is 24.7 Å². The zero-order valence-electron chi connectivity index (χ0n) is 15.7. The zero-order valence-corrected chi connectivity index (χ0v) is 15.7. The summed E-state index contributed by atoms with van der Waals surface area (Å²) in [5.74, 6) is -3.23. The highest BCUT2D eigenvalue weighted by atomic mass is 19.3. The first kappa shape index (κ1) is 21.5.